The minimum Gasteiger partial charge on any atom is -0.384 e. The molecule has 0 bridgehead atoms. The van der Waals surface area contributed by atoms with E-state index in [0.29, 0.717) is 28.5 Å². The highest BCUT2D eigenvalue weighted by Gasteiger charge is 2.70. The molecule has 6 N–H and O–H groups in total. The number of aromatic nitrogens is 5. The standard InChI is InChI=1S/C25H25F3N10/c26-25(27,28)24(8-9-24)38-22(30)21-19(6-5-18(35-21)16-4-7-20(29)33-11-16)36(23(38)31)12-15-2-1-3-17(10-15)37-14-32-13-34-37/h1-7,10-11,13-14,22-23H,8-9,12,30-31H2,(H2,29,33). The molecule has 1 fully saturated rings. The Morgan fingerprint density at radius 1 is 1.05 bits per heavy atom. The Bertz CT molecular complexity index is 1450. The van der Waals surface area contributed by atoms with Gasteiger partial charge in [0.15, 0.2) is 0 Å². The summed E-state index contributed by atoms with van der Waals surface area (Å²) in [5, 5.41) is 4.15. The molecule has 2 unspecified atom stereocenters. The van der Waals surface area contributed by atoms with Gasteiger partial charge >= 0.3 is 6.18 Å². The first-order chi connectivity index (χ1) is 18.2. The number of benzene rings is 1. The summed E-state index contributed by atoms with van der Waals surface area (Å²) < 4.78 is 44.6. The van der Waals surface area contributed by atoms with E-state index < -0.39 is 24.2 Å². The second-order valence-electron chi connectivity index (χ2n) is 9.51. The third-order valence-electron chi connectivity index (χ3n) is 7.17. The number of nitrogens with zero attached hydrogens (tertiary/aromatic N) is 7. The Kier molecular flexibility index (Phi) is 5.59. The Balaban J connectivity index is 1.44. The summed E-state index contributed by atoms with van der Waals surface area (Å²) in [4.78, 5) is 15.7. The summed E-state index contributed by atoms with van der Waals surface area (Å²) in [6, 6.07) is 14.4. The van der Waals surface area contributed by atoms with Gasteiger partial charge in [0.2, 0.25) is 0 Å². The molecule has 10 nitrogen and oxygen atoms in total. The van der Waals surface area contributed by atoms with E-state index in [1.807, 2.05) is 24.3 Å². The van der Waals surface area contributed by atoms with Crippen LogP contribution in [0, 0.1) is 0 Å². The van der Waals surface area contributed by atoms with Gasteiger partial charge in [0.1, 0.15) is 36.5 Å². The van der Waals surface area contributed by atoms with Crippen LogP contribution in [0.4, 0.5) is 24.7 Å². The minimum absolute atomic E-state index is 0.0789. The van der Waals surface area contributed by atoms with Crippen molar-refractivity contribution in [1.29, 1.82) is 0 Å². The fourth-order valence-corrected chi connectivity index (χ4v) is 5.07. The van der Waals surface area contributed by atoms with Crippen LogP contribution >= 0.6 is 0 Å². The molecule has 0 spiro atoms. The van der Waals surface area contributed by atoms with Gasteiger partial charge in [0, 0.05) is 18.3 Å². The highest BCUT2D eigenvalue weighted by molar-refractivity contribution is 5.65. The molecule has 0 radical (unpaired) electrons. The molecule has 4 aromatic rings. The van der Waals surface area contributed by atoms with Gasteiger partial charge in [-0.05, 0) is 54.8 Å². The van der Waals surface area contributed by atoms with Crippen molar-refractivity contribution in [2.75, 3.05) is 10.6 Å². The molecule has 0 amide bonds. The van der Waals surface area contributed by atoms with Crippen LogP contribution in [-0.2, 0) is 6.54 Å². The van der Waals surface area contributed by atoms with Crippen LogP contribution in [0.1, 0.15) is 30.3 Å². The minimum atomic E-state index is -4.50. The average Bonchev–Trinajstić information content (AvgIpc) is 3.52. The lowest BCUT2D eigenvalue weighted by molar-refractivity contribution is -0.211. The lowest BCUT2D eigenvalue weighted by atomic mass is 10.0. The molecule has 2 aliphatic rings. The molecular weight excluding hydrogens is 497 g/mol. The number of nitrogen functional groups attached to an aromatic ring is 1. The fraction of sp³-hybridized carbons (Fsp3) is 0.280. The summed E-state index contributed by atoms with van der Waals surface area (Å²) in [6.07, 6.45) is -2.40. The number of hydrogen-bond donors (Lipinski definition) is 3. The quantitative estimate of drug-likeness (QED) is 0.361. The number of halogens is 3. The molecule has 2 atom stereocenters. The van der Waals surface area contributed by atoms with Crippen molar-refractivity contribution in [1.82, 2.24) is 29.6 Å². The molecular formula is C25H25F3N10. The molecule has 4 heterocycles. The van der Waals surface area contributed by atoms with E-state index in [4.69, 9.17) is 22.2 Å². The van der Waals surface area contributed by atoms with Gasteiger partial charge in [0.25, 0.3) is 0 Å². The Morgan fingerprint density at radius 2 is 1.87 bits per heavy atom. The molecule has 38 heavy (non-hydrogen) atoms. The van der Waals surface area contributed by atoms with Crippen LogP contribution < -0.4 is 22.1 Å². The summed E-state index contributed by atoms with van der Waals surface area (Å²) in [5.41, 5.74) is 20.4. The van der Waals surface area contributed by atoms with Crippen LogP contribution in [0.2, 0.25) is 0 Å². The predicted molar refractivity (Wildman–Crippen MR) is 134 cm³/mol. The highest BCUT2D eigenvalue weighted by atomic mass is 19.4. The third-order valence-corrected chi connectivity index (χ3v) is 7.17. The molecule has 1 saturated carbocycles. The smallest absolute Gasteiger partial charge is 0.384 e. The average molecular weight is 523 g/mol. The lowest BCUT2D eigenvalue weighted by Crippen LogP contribution is -2.67. The highest BCUT2D eigenvalue weighted by Crippen LogP contribution is 2.57. The van der Waals surface area contributed by atoms with Gasteiger partial charge < -0.3 is 16.4 Å². The zero-order valence-corrected chi connectivity index (χ0v) is 20.1. The molecule has 1 aliphatic carbocycles. The maximum Gasteiger partial charge on any atom is 0.406 e. The summed E-state index contributed by atoms with van der Waals surface area (Å²) in [7, 11) is 0. The van der Waals surface area contributed by atoms with Crippen LogP contribution in [0.3, 0.4) is 0 Å². The SMILES string of the molecule is Nc1ccc(-c2ccc3c(n2)C(N)N(C2(C(F)(F)F)CC2)C(N)N3Cc2cccc(-n3cncn3)c2)cn1. The van der Waals surface area contributed by atoms with E-state index in [0.717, 1.165) is 16.2 Å². The first-order valence-electron chi connectivity index (χ1n) is 12.0. The summed E-state index contributed by atoms with van der Waals surface area (Å²) in [6.45, 7) is 0.221. The normalized spacial score (nSPS) is 20.8. The summed E-state index contributed by atoms with van der Waals surface area (Å²) >= 11 is 0. The number of anilines is 2. The second-order valence-corrected chi connectivity index (χ2v) is 9.51. The Labute approximate surface area is 215 Å². The largest absolute Gasteiger partial charge is 0.406 e. The van der Waals surface area contributed by atoms with Gasteiger partial charge in [-0.15, -0.1) is 0 Å². The van der Waals surface area contributed by atoms with E-state index in [1.165, 1.54) is 6.33 Å². The first kappa shape index (κ1) is 24.3. The van der Waals surface area contributed by atoms with Gasteiger partial charge in [-0.1, -0.05) is 12.1 Å². The van der Waals surface area contributed by atoms with Crippen LogP contribution in [-0.4, -0.2) is 47.6 Å². The molecule has 13 heteroatoms. The van der Waals surface area contributed by atoms with E-state index in [-0.39, 0.29) is 19.4 Å². The van der Waals surface area contributed by atoms with Crippen molar-refractivity contribution in [3.8, 4) is 16.9 Å². The number of nitrogens with two attached hydrogens (primary N) is 3. The van der Waals surface area contributed by atoms with Crippen molar-refractivity contribution < 1.29 is 13.2 Å². The number of pyridine rings is 2. The second kappa shape index (κ2) is 8.75. The van der Waals surface area contributed by atoms with Crippen molar-refractivity contribution in [2.45, 2.75) is 43.6 Å². The van der Waals surface area contributed by atoms with Crippen molar-refractivity contribution in [3.05, 3.63) is 78.6 Å². The molecule has 196 valence electrons. The van der Waals surface area contributed by atoms with Crippen molar-refractivity contribution >= 4 is 11.5 Å². The van der Waals surface area contributed by atoms with Crippen LogP contribution in [0.5, 0.6) is 0 Å². The Hall–Kier alpha value is -4.07. The first-order valence-corrected chi connectivity index (χ1v) is 12.0. The lowest BCUT2D eigenvalue weighted by Gasteiger charge is -2.50. The molecule has 6 rings (SSSR count). The van der Waals surface area contributed by atoms with E-state index in [9.17, 15) is 13.2 Å². The van der Waals surface area contributed by atoms with Crippen molar-refractivity contribution in [2.24, 2.45) is 11.5 Å². The van der Waals surface area contributed by atoms with E-state index in [2.05, 4.69) is 15.1 Å². The maximum atomic E-state index is 14.3. The van der Waals surface area contributed by atoms with Gasteiger partial charge in [-0.25, -0.2) is 24.5 Å². The van der Waals surface area contributed by atoms with E-state index >= 15 is 0 Å². The zero-order chi connectivity index (χ0) is 26.7. The number of hydrogen-bond acceptors (Lipinski definition) is 9. The van der Waals surface area contributed by atoms with Crippen LogP contribution in [0.15, 0.2) is 67.4 Å². The Morgan fingerprint density at radius 3 is 2.53 bits per heavy atom. The number of rotatable bonds is 5. The third kappa shape index (κ3) is 3.95. The van der Waals surface area contributed by atoms with Gasteiger partial charge in [-0.3, -0.25) is 5.73 Å². The zero-order valence-electron chi connectivity index (χ0n) is 20.1. The fourth-order valence-electron chi connectivity index (χ4n) is 5.07. The number of fused-ring (bicyclic) bond motifs is 1. The van der Waals surface area contributed by atoms with E-state index in [1.54, 1.807) is 46.4 Å². The predicted octanol–water partition coefficient (Wildman–Crippen LogP) is 2.92. The molecule has 0 saturated heterocycles. The topological polar surface area (TPSA) is 141 Å². The summed E-state index contributed by atoms with van der Waals surface area (Å²) in [5.74, 6) is 0.348. The van der Waals surface area contributed by atoms with Crippen LogP contribution in [0.25, 0.3) is 16.9 Å². The molecule has 3 aromatic heterocycles. The van der Waals surface area contributed by atoms with Gasteiger partial charge in [-0.2, -0.15) is 18.3 Å². The maximum absolute atomic E-state index is 14.3. The number of alkyl halides is 3. The monoisotopic (exact) mass is 522 g/mol. The molecule has 1 aliphatic heterocycles. The molecule has 1 aromatic carbocycles. The van der Waals surface area contributed by atoms with Crippen molar-refractivity contribution in [3.63, 3.8) is 0 Å². The van der Waals surface area contributed by atoms with Gasteiger partial charge in [0.05, 0.1) is 22.8 Å².